The fraction of sp³-hybridized carbons (Fsp3) is 0.600. The molecule has 1 atom stereocenters. The molecule has 2 nitrogen and oxygen atoms in total. The summed E-state index contributed by atoms with van der Waals surface area (Å²) in [6, 6.07) is 8.27. The third-order valence-corrected chi connectivity index (χ3v) is 3.37. The molecule has 0 bridgehead atoms. The van der Waals surface area contributed by atoms with E-state index >= 15 is 0 Å². The number of ether oxygens (including phenoxy) is 1. The molecule has 3 heteroatoms. The van der Waals surface area contributed by atoms with Crippen molar-refractivity contribution < 1.29 is 4.74 Å². The summed E-state index contributed by atoms with van der Waals surface area (Å²) in [5, 5.41) is 3.43. The molecular formula is C15H24BrNO. The minimum absolute atomic E-state index is 0.260. The van der Waals surface area contributed by atoms with Crippen molar-refractivity contribution in [3.63, 3.8) is 0 Å². The fourth-order valence-corrected chi connectivity index (χ4v) is 1.95. The van der Waals surface area contributed by atoms with Crippen molar-refractivity contribution in [1.82, 2.24) is 5.32 Å². The largest absolute Gasteiger partial charge is 0.373 e. The average molecular weight is 314 g/mol. The van der Waals surface area contributed by atoms with Crippen LogP contribution in [0.2, 0.25) is 0 Å². The smallest absolute Gasteiger partial charge is 0.0721 e. The third kappa shape index (κ3) is 7.14. The van der Waals surface area contributed by atoms with E-state index in [2.05, 4.69) is 47.2 Å². The first kappa shape index (κ1) is 15.7. The van der Waals surface area contributed by atoms with Crippen LogP contribution >= 0.6 is 15.9 Å². The Kier molecular flexibility index (Phi) is 8.31. The number of halogens is 1. The van der Waals surface area contributed by atoms with Gasteiger partial charge in [0, 0.05) is 11.0 Å². The normalized spacial score (nSPS) is 12.6. The summed E-state index contributed by atoms with van der Waals surface area (Å²) in [6.07, 6.45) is 4.10. The van der Waals surface area contributed by atoms with Crippen LogP contribution in [0.4, 0.5) is 0 Å². The second-order valence-electron chi connectivity index (χ2n) is 4.66. The van der Waals surface area contributed by atoms with Gasteiger partial charge in [-0.3, -0.25) is 0 Å². The number of unbranched alkanes of at least 4 members (excludes halogenated alkanes) is 2. The lowest BCUT2D eigenvalue weighted by Gasteiger charge is -2.14. The summed E-state index contributed by atoms with van der Waals surface area (Å²) in [6.45, 7) is 7.06. The Bertz CT molecular complexity index is 313. The first-order valence-electron chi connectivity index (χ1n) is 6.79. The number of rotatable bonds is 9. The second kappa shape index (κ2) is 9.54. The van der Waals surface area contributed by atoms with Crippen LogP contribution in [0.25, 0.3) is 0 Å². The molecule has 0 heterocycles. The molecule has 0 amide bonds. The van der Waals surface area contributed by atoms with Gasteiger partial charge in [-0.15, -0.1) is 0 Å². The van der Waals surface area contributed by atoms with Crippen LogP contribution in [-0.4, -0.2) is 19.2 Å². The van der Waals surface area contributed by atoms with Crippen LogP contribution in [-0.2, 0) is 11.3 Å². The van der Waals surface area contributed by atoms with E-state index in [1.54, 1.807) is 0 Å². The van der Waals surface area contributed by atoms with E-state index < -0.39 is 0 Å². The highest BCUT2D eigenvalue weighted by atomic mass is 79.9. The van der Waals surface area contributed by atoms with Crippen molar-refractivity contribution >= 4 is 15.9 Å². The summed E-state index contributed by atoms with van der Waals surface area (Å²) in [4.78, 5) is 0. The summed E-state index contributed by atoms with van der Waals surface area (Å²) in [7, 11) is 0. The van der Waals surface area contributed by atoms with Crippen molar-refractivity contribution in [2.45, 2.75) is 45.8 Å². The van der Waals surface area contributed by atoms with Crippen molar-refractivity contribution in [3.05, 3.63) is 34.3 Å². The maximum absolute atomic E-state index is 5.80. The Morgan fingerprint density at radius 2 is 1.94 bits per heavy atom. The number of nitrogens with one attached hydrogen (secondary N) is 1. The molecule has 0 spiro atoms. The lowest BCUT2D eigenvalue weighted by atomic mass is 10.2. The molecule has 1 unspecified atom stereocenters. The van der Waals surface area contributed by atoms with E-state index in [-0.39, 0.29) is 6.10 Å². The van der Waals surface area contributed by atoms with Crippen LogP contribution in [0, 0.1) is 0 Å². The van der Waals surface area contributed by atoms with E-state index in [0.29, 0.717) is 6.61 Å². The first-order valence-corrected chi connectivity index (χ1v) is 7.58. The Labute approximate surface area is 119 Å². The van der Waals surface area contributed by atoms with E-state index in [1.165, 1.54) is 24.8 Å². The minimum Gasteiger partial charge on any atom is -0.373 e. The lowest BCUT2D eigenvalue weighted by molar-refractivity contribution is 0.0533. The monoisotopic (exact) mass is 313 g/mol. The van der Waals surface area contributed by atoms with Gasteiger partial charge in [0.25, 0.3) is 0 Å². The Balaban J connectivity index is 2.09. The third-order valence-electron chi connectivity index (χ3n) is 2.84. The molecule has 0 fully saturated rings. The molecule has 1 N–H and O–H groups in total. The molecular weight excluding hydrogens is 290 g/mol. The minimum atomic E-state index is 0.260. The summed E-state index contributed by atoms with van der Waals surface area (Å²) in [5.74, 6) is 0. The highest BCUT2D eigenvalue weighted by Crippen LogP contribution is 2.11. The van der Waals surface area contributed by atoms with E-state index in [0.717, 1.165) is 17.6 Å². The first-order chi connectivity index (χ1) is 8.72. The van der Waals surface area contributed by atoms with Crippen LogP contribution in [0.15, 0.2) is 28.7 Å². The molecule has 102 valence electrons. The van der Waals surface area contributed by atoms with Gasteiger partial charge >= 0.3 is 0 Å². The summed E-state index contributed by atoms with van der Waals surface area (Å²) in [5.41, 5.74) is 1.22. The predicted molar refractivity (Wildman–Crippen MR) is 80.8 cm³/mol. The highest BCUT2D eigenvalue weighted by molar-refractivity contribution is 9.10. The SMILES string of the molecule is CCCCCNCC(C)OCc1ccc(Br)cc1. The molecule has 1 rings (SSSR count). The molecule has 0 aliphatic rings. The van der Waals surface area contributed by atoms with E-state index in [9.17, 15) is 0 Å². The van der Waals surface area contributed by atoms with Crippen LogP contribution in [0.3, 0.4) is 0 Å². The lowest BCUT2D eigenvalue weighted by Crippen LogP contribution is -2.27. The Hall–Kier alpha value is -0.380. The van der Waals surface area contributed by atoms with Gasteiger partial charge in [-0.05, 0) is 37.6 Å². The van der Waals surface area contributed by atoms with Gasteiger partial charge in [-0.25, -0.2) is 0 Å². The van der Waals surface area contributed by atoms with Crippen molar-refractivity contribution in [3.8, 4) is 0 Å². The molecule has 1 aromatic carbocycles. The quantitative estimate of drug-likeness (QED) is 0.692. The molecule has 0 saturated heterocycles. The van der Waals surface area contributed by atoms with Gasteiger partial charge in [0.05, 0.1) is 12.7 Å². The van der Waals surface area contributed by atoms with Gasteiger partial charge < -0.3 is 10.1 Å². The average Bonchev–Trinajstić information content (AvgIpc) is 2.38. The maximum atomic E-state index is 5.80. The van der Waals surface area contributed by atoms with Crippen molar-refractivity contribution in [1.29, 1.82) is 0 Å². The Morgan fingerprint density at radius 1 is 1.22 bits per heavy atom. The fourth-order valence-electron chi connectivity index (χ4n) is 1.68. The van der Waals surface area contributed by atoms with E-state index in [4.69, 9.17) is 4.74 Å². The zero-order chi connectivity index (χ0) is 13.2. The molecule has 18 heavy (non-hydrogen) atoms. The summed E-state index contributed by atoms with van der Waals surface area (Å²) < 4.78 is 6.90. The number of benzene rings is 1. The molecule has 1 aromatic rings. The standard InChI is InChI=1S/C15H24BrNO/c1-3-4-5-10-17-11-13(2)18-12-14-6-8-15(16)9-7-14/h6-9,13,17H,3-5,10-12H2,1-2H3. The second-order valence-corrected chi connectivity index (χ2v) is 5.57. The Morgan fingerprint density at radius 3 is 2.61 bits per heavy atom. The zero-order valence-corrected chi connectivity index (χ0v) is 13.0. The van der Waals surface area contributed by atoms with Gasteiger partial charge in [-0.2, -0.15) is 0 Å². The van der Waals surface area contributed by atoms with Crippen molar-refractivity contribution in [2.24, 2.45) is 0 Å². The predicted octanol–water partition coefficient (Wildman–Crippen LogP) is 4.13. The molecule has 0 saturated carbocycles. The van der Waals surface area contributed by atoms with Gasteiger partial charge in [0.15, 0.2) is 0 Å². The van der Waals surface area contributed by atoms with E-state index in [1.807, 2.05) is 12.1 Å². The molecule has 0 radical (unpaired) electrons. The number of hydrogen-bond acceptors (Lipinski definition) is 2. The summed E-state index contributed by atoms with van der Waals surface area (Å²) >= 11 is 3.43. The van der Waals surface area contributed by atoms with Crippen LogP contribution in [0.1, 0.15) is 38.7 Å². The maximum Gasteiger partial charge on any atom is 0.0721 e. The van der Waals surface area contributed by atoms with Gasteiger partial charge in [0.2, 0.25) is 0 Å². The van der Waals surface area contributed by atoms with Crippen LogP contribution in [0.5, 0.6) is 0 Å². The van der Waals surface area contributed by atoms with Gasteiger partial charge in [-0.1, -0.05) is 47.8 Å². The van der Waals surface area contributed by atoms with Crippen LogP contribution < -0.4 is 5.32 Å². The molecule has 0 aromatic heterocycles. The van der Waals surface area contributed by atoms with Gasteiger partial charge in [0.1, 0.15) is 0 Å². The molecule has 0 aliphatic heterocycles. The zero-order valence-electron chi connectivity index (χ0n) is 11.4. The topological polar surface area (TPSA) is 21.3 Å². The molecule has 0 aliphatic carbocycles. The van der Waals surface area contributed by atoms with Crippen molar-refractivity contribution in [2.75, 3.05) is 13.1 Å². The number of hydrogen-bond donors (Lipinski definition) is 1. The highest BCUT2D eigenvalue weighted by Gasteiger charge is 2.02.